The maximum absolute atomic E-state index is 5.54. The van der Waals surface area contributed by atoms with E-state index >= 15 is 0 Å². The third kappa shape index (κ3) is 1.43. The first-order chi connectivity index (χ1) is 3.71. The van der Waals surface area contributed by atoms with Crippen molar-refractivity contribution in [3.05, 3.63) is 0 Å². The summed E-state index contributed by atoms with van der Waals surface area (Å²) in [5.74, 6) is -0.571. The molecule has 0 radical (unpaired) electrons. The Kier molecular flexibility index (Phi) is 1.51. The molecule has 0 aromatic heterocycles. The first-order valence-corrected chi connectivity index (χ1v) is 2.89. The molecule has 0 aromatic carbocycles. The van der Waals surface area contributed by atoms with Crippen LogP contribution in [0.5, 0.6) is 0 Å². The zero-order valence-corrected chi connectivity index (χ0v) is 5.11. The minimum absolute atomic E-state index is 0.571. The van der Waals surface area contributed by atoms with Gasteiger partial charge in [0.2, 0.25) is 0 Å². The van der Waals surface area contributed by atoms with Gasteiger partial charge in [-0.2, -0.15) is 0 Å². The van der Waals surface area contributed by atoms with E-state index < -0.39 is 5.85 Å². The van der Waals surface area contributed by atoms with Crippen LogP contribution < -0.4 is 11.1 Å². The fraction of sp³-hybridized carbons (Fsp3) is 1.00. The molecule has 0 amide bonds. The molecule has 1 aliphatic heterocycles. The quantitative estimate of drug-likeness (QED) is 0.454. The number of ether oxygens (including phenoxy) is 1. The van der Waals surface area contributed by atoms with E-state index in [9.17, 15) is 0 Å². The molecule has 48 valence electrons. The van der Waals surface area contributed by atoms with E-state index in [1.165, 1.54) is 0 Å². The Balaban J connectivity index is 2.33. The van der Waals surface area contributed by atoms with E-state index in [1.54, 1.807) is 0 Å². The normalized spacial score (nSPS) is 39.8. The molecule has 3 N–H and O–H groups in total. The lowest BCUT2D eigenvalue weighted by Gasteiger charge is -2.30. The van der Waals surface area contributed by atoms with Gasteiger partial charge in [0.15, 0.2) is 5.85 Å². The van der Waals surface area contributed by atoms with Crippen LogP contribution in [0.1, 0.15) is 13.3 Å². The molecular formula is C5H12N2O. The summed E-state index contributed by atoms with van der Waals surface area (Å²) >= 11 is 0. The van der Waals surface area contributed by atoms with Gasteiger partial charge in [-0.1, -0.05) is 0 Å². The van der Waals surface area contributed by atoms with Crippen molar-refractivity contribution in [3.63, 3.8) is 0 Å². The van der Waals surface area contributed by atoms with Crippen LogP contribution in [0.4, 0.5) is 0 Å². The van der Waals surface area contributed by atoms with Crippen molar-refractivity contribution in [2.45, 2.75) is 19.2 Å². The molecule has 0 aliphatic carbocycles. The smallest absolute Gasteiger partial charge is 0.169 e. The highest BCUT2D eigenvalue weighted by Crippen LogP contribution is 2.02. The zero-order chi connectivity index (χ0) is 6.04. The molecule has 1 unspecified atom stereocenters. The van der Waals surface area contributed by atoms with Gasteiger partial charge < -0.3 is 4.74 Å². The summed E-state index contributed by atoms with van der Waals surface area (Å²) in [4.78, 5) is 0. The Morgan fingerprint density at radius 1 is 1.75 bits per heavy atom. The van der Waals surface area contributed by atoms with Crippen molar-refractivity contribution in [1.82, 2.24) is 5.32 Å². The minimum Gasteiger partial charge on any atom is -0.348 e. The van der Waals surface area contributed by atoms with Gasteiger partial charge in [0.25, 0.3) is 0 Å². The summed E-state index contributed by atoms with van der Waals surface area (Å²) in [5.41, 5.74) is 5.54. The fourth-order valence-electron chi connectivity index (χ4n) is 0.744. The first kappa shape index (κ1) is 6.01. The SMILES string of the molecule is CC1(N)NCCCO1. The van der Waals surface area contributed by atoms with Crippen molar-refractivity contribution in [3.8, 4) is 0 Å². The molecule has 1 heterocycles. The Morgan fingerprint density at radius 3 is 2.75 bits per heavy atom. The average Bonchev–Trinajstić information content (AvgIpc) is 1.65. The van der Waals surface area contributed by atoms with E-state index in [2.05, 4.69) is 5.32 Å². The summed E-state index contributed by atoms with van der Waals surface area (Å²) in [5, 5.41) is 3.01. The van der Waals surface area contributed by atoms with Gasteiger partial charge in [0.1, 0.15) is 0 Å². The molecule has 1 saturated heterocycles. The van der Waals surface area contributed by atoms with Crippen molar-refractivity contribution >= 4 is 0 Å². The van der Waals surface area contributed by atoms with Gasteiger partial charge in [-0.25, -0.2) is 0 Å². The lowest BCUT2D eigenvalue weighted by molar-refractivity contribution is -0.0771. The second kappa shape index (κ2) is 2.01. The molecule has 0 saturated carbocycles. The average molecular weight is 116 g/mol. The van der Waals surface area contributed by atoms with Crippen LogP contribution in [-0.4, -0.2) is 19.0 Å². The Labute approximate surface area is 49.2 Å². The van der Waals surface area contributed by atoms with Gasteiger partial charge in [-0.05, 0) is 13.3 Å². The molecule has 0 bridgehead atoms. The highest BCUT2D eigenvalue weighted by atomic mass is 16.5. The summed E-state index contributed by atoms with van der Waals surface area (Å²) in [7, 11) is 0. The number of nitrogens with two attached hydrogens (primary N) is 1. The molecule has 3 heteroatoms. The molecule has 8 heavy (non-hydrogen) atoms. The van der Waals surface area contributed by atoms with E-state index in [4.69, 9.17) is 10.5 Å². The summed E-state index contributed by atoms with van der Waals surface area (Å²) in [6, 6.07) is 0. The molecule has 1 aliphatic rings. The summed E-state index contributed by atoms with van der Waals surface area (Å²) in [6.45, 7) is 3.57. The van der Waals surface area contributed by atoms with Crippen LogP contribution >= 0.6 is 0 Å². The third-order valence-corrected chi connectivity index (χ3v) is 1.20. The topological polar surface area (TPSA) is 47.3 Å². The number of nitrogens with one attached hydrogen (secondary N) is 1. The minimum atomic E-state index is -0.571. The zero-order valence-electron chi connectivity index (χ0n) is 5.11. The molecule has 0 spiro atoms. The first-order valence-electron chi connectivity index (χ1n) is 2.89. The molecule has 1 fully saturated rings. The highest BCUT2D eigenvalue weighted by molar-refractivity contribution is 4.67. The Bertz CT molecular complexity index is 74.5. The van der Waals surface area contributed by atoms with Crippen molar-refractivity contribution in [2.24, 2.45) is 5.73 Å². The number of rotatable bonds is 0. The van der Waals surface area contributed by atoms with Crippen LogP contribution in [0.3, 0.4) is 0 Å². The summed E-state index contributed by atoms with van der Waals surface area (Å²) < 4.78 is 5.13. The predicted octanol–water partition coefficient (Wildman–Crippen LogP) is -0.371. The van der Waals surface area contributed by atoms with E-state index in [0.717, 1.165) is 19.6 Å². The van der Waals surface area contributed by atoms with Gasteiger partial charge in [0, 0.05) is 6.54 Å². The van der Waals surface area contributed by atoms with Gasteiger partial charge in [0.05, 0.1) is 6.61 Å². The van der Waals surface area contributed by atoms with E-state index in [-0.39, 0.29) is 0 Å². The van der Waals surface area contributed by atoms with Crippen LogP contribution in [-0.2, 0) is 4.74 Å². The van der Waals surface area contributed by atoms with Crippen LogP contribution in [0.25, 0.3) is 0 Å². The molecule has 3 nitrogen and oxygen atoms in total. The second-order valence-electron chi connectivity index (χ2n) is 2.24. The third-order valence-electron chi connectivity index (χ3n) is 1.20. The van der Waals surface area contributed by atoms with Crippen molar-refractivity contribution < 1.29 is 4.74 Å². The maximum atomic E-state index is 5.54. The monoisotopic (exact) mass is 116 g/mol. The Hall–Kier alpha value is -0.120. The largest absolute Gasteiger partial charge is 0.348 e. The lowest BCUT2D eigenvalue weighted by Crippen LogP contribution is -2.56. The number of hydrogen-bond acceptors (Lipinski definition) is 3. The van der Waals surface area contributed by atoms with E-state index in [0.29, 0.717) is 0 Å². The van der Waals surface area contributed by atoms with Gasteiger partial charge >= 0.3 is 0 Å². The van der Waals surface area contributed by atoms with Crippen LogP contribution in [0, 0.1) is 0 Å². The molecule has 1 atom stereocenters. The Morgan fingerprint density at radius 2 is 2.50 bits per heavy atom. The lowest BCUT2D eigenvalue weighted by atomic mass is 10.3. The fourth-order valence-corrected chi connectivity index (χ4v) is 0.744. The van der Waals surface area contributed by atoms with Gasteiger partial charge in [-0.3, -0.25) is 11.1 Å². The van der Waals surface area contributed by atoms with Crippen molar-refractivity contribution in [2.75, 3.05) is 13.2 Å². The van der Waals surface area contributed by atoms with Gasteiger partial charge in [-0.15, -0.1) is 0 Å². The van der Waals surface area contributed by atoms with E-state index in [1.807, 2.05) is 6.92 Å². The van der Waals surface area contributed by atoms with Crippen LogP contribution in [0.15, 0.2) is 0 Å². The predicted molar refractivity (Wildman–Crippen MR) is 31.2 cm³/mol. The molecular weight excluding hydrogens is 104 g/mol. The number of hydrogen-bond donors (Lipinski definition) is 2. The van der Waals surface area contributed by atoms with Crippen LogP contribution in [0.2, 0.25) is 0 Å². The maximum Gasteiger partial charge on any atom is 0.169 e. The second-order valence-corrected chi connectivity index (χ2v) is 2.24. The summed E-state index contributed by atoms with van der Waals surface area (Å²) in [6.07, 6.45) is 1.06. The highest BCUT2D eigenvalue weighted by Gasteiger charge is 2.20. The van der Waals surface area contributed by atoms with Crippen molar-refractivity contribution in [1.29, 1.82) is 0 Å². The standard InChI is InChI=1S/C5H12N2O/c1-5(6)7-3-2-4-8-5/h7H,2-4,6H2,1H3. The molecule has 0 aromatic rings. The molecule has 1 rings (SSSR count).